The third kappa shape index (κ3) is 2.50. The Balaban J connectivity index is 1.96. The van der Waals surface area contributed by atoms with Gasteiger partial charge in [-0.3, -0.25) is 0 Å². The molecule has 0 atom stereocenters. The largest absolute Gasteiger partial charge is 0.382 e. The smallest absolute Gasteiger partial charge is 0.146 e. The quantitative estimate of drug-likeness (QED) is 0.823. The molecule has 88 valence electrons. The minimum atomic E-state index is 0.503. The summed E-state index contributed by atoms with van der Waals surface area (Å²) in [6.07, 6.45) is 2.35. The van der Waals surface area contributed by atoms with Crippen molar-refractivity contribution < 1.29 is 0 Å². The van der Waals surface area contributed by atoms with Gasteiger partial charge in [0, 0.05) is 12.0 Å². The van der Waals surface area contributed by atoms with Gasteiger partial charge < -0.3 is 10.6 Å². The van der Waals surface area contributed by atoms with Crippen LogP contribution in [0.3, 0.4) is 0 Å². The second-order valence-corrected chi connectivity index (χ2v) is 4.79. The maximum Gasteiger partial charge on any atom is 0.146 e. The van der Waals surface area contributed by atoms with Crippen molar-refractivity contribution in [1.82, 2.24) is 15.1 Å². The molecule has 0 bridgehead atoms. The summed E-state index contributed by atoms with van der Waals surface area (Å²) in [4.78, 5) is 2.52. The van der Waals surface area contributed by atoms with Crippen molar-refractivity contribution >= 4 is 5.82 Å². The molecule has 0 spiro atoms. The summed E-state index contributed by atoms with van der Waals surface area (Å²) < 4.78 is 0. The molecule has 2 N–H and O–H groups in total. The molecule has 0 aromatic carbocycles. The molecule has 1 fully saturated rings. The van der Waals surface area contributed by atoms with Gasteiger partial charge in [-0.1, -0.05) is 0 Å². The first kappa shape index (κ1) is 11.3. The van der Waals surface area contributed by atoms with Crippen molar-refractivity contribution in [3.63, 3.8) is 0 Å². The van der Waals surface area contributed by atoms with E-state index in [1.54, 1.807) is 0 Å². The first-order valence-electron chi connectivity index (χ1n) is 6.00. The van der Waals surface area contributed by atoms with Crippen LogP contribution in [-0.4, -0.2) is 34.2 Å². The summed E-state index contributed by atoms with van der Waals surface area (Å²) in [6, 6.07) is 4.51. The predicted molar refractivity (Wildman–Crippen MR) is 65.1 cm³/mol. The van der Waals surface area contributed by atoms with Gasteiger partial charge in [-0.25, -0.2) is 0 Å². The summed E-state index contributed by atoms with van der Waals surface area (Å²) in [7, 11) is 0. The van der Waals surface area contributed by atoms with E-state index < -0.39 is 0 Å². The second-order valence-electron chi connectivity index (χ2n) is 4.79. The van der Waals surface area contributed by atoms with Crippen LogP contribution in [-0.2, 0) is 0 Å². The Morgan fingerprint density at radius 3 is 2.44 bits per heavy atom. The molecule has 0 radical (unpaired) electrons. The Hall–Kier alpha value is -1.16. The first-order valence-corrected chi connectivity index (χ1v) is 6.00. The molecule has 4 heteroatoms. The van der Waals surface area contributed by atoms with Crippen molar-refractivity contribution in [2.24, 2.45) is 0 Å². The van der Waals surface area contributed by atoms with E-state index in [-0.39, 0.29) is 0 Å². The van der Waals surface area contributed by atoms with Crippen LogP contribution in [0.25, 0.3) is 0 Å². The van der Waals surface area contributed by atoms with Gasteiger partial charge in [0.05, 0.1) is 5.69 Å². The average Bonchev–Trinajstić information content (AvgIpc) is 2.30. The molecule has 1 saturated heterocycles. The lowest BCUT2D eigenvalue weighted by Crippen LogP contribution is -2.38. The molecular weight excluding hydrogens is 200 g/mol. The lowest BCUT2D eigenvalue weighted by molar-refractivity contribution is 0.170. The zero-order chi connectivity index (χ0) is 11.5. The van der Waals surface area contributed by atoms with Crippen molar-refractivity contribution in [2.75, 3.05) is 18.8 Å². The van der Waals surface area contributed by atoms with E-state index in [0.717, 1.165) is 18.8 Å². The van der Waals surface area contributed by atoms with Gasteiger partial charge in [0.1, 0.15) is 5.82 Å². The fourth-order valence-corrected chi connectivity index (χ4v) is 2.28. The number of rotatable bonds is 2. The molecule has 4 nitrogen and oxygen atoms in total. The maximum atomic E-state index is 5.54. The number of likely N-dealkylation sites (tertiary alicyclic amines) is 1. The summed E-state index contributed by atoms with van der Waals surface area (Å²) in [6.45, 7) is 6.83. The Kier molecular flexibility index (Phi) is 3.39. The van der Waals surface area contributed by atoms with Gasteiger partial charge in [0.15, 0.2) is 0 Å². The predicted octanol–water partition coefficient (Wildman–Crippen LogP) is 1.65. The number of aromatic nitrogens is 2. The highest BCUT2D eigenvalue weighted by Gasteiger charge is 2.22. The van der Waals surface area contributed by atoms with E-state index in [0.29, 0.717) is 17.8 Å². The highest BCUT2D eigenvalue weighted by atomic mass is 15.2. The van der Waals surface area contributed by atoms with E-state index in [4.69, 9.17) is 5.73 Å². The zero-order valence-corrected chi connectivity index (χ0v) is 10.1. The van der Waals surface area contributed by atoms with Gasteiger partial charge in [0.2, 0.25) is 0 Å². The SMILES string of the molecule is CC(C)N1CCC(c2ccc(N)nn2)CC1. The fourth-order valence-electron chi connectivity index (χ4n) is 2.28. The number of nitrogens with zero attached hydrogens (tertiary/aromatic N) is 3. The van der Waals surface area contributed by atoms with Gasteiger partial charge in [0.25, 0.3) is 0 Å². The zero-order valence-electron chi connectivity index (χ0n) is 10.1. The number of hydrogen-bond acceptors (Lipinski definition) is 4. The van der Waals surface area contributed by atoms with Crippen LogP contribution in [0.1, 0.15) is 38.3 Å². The minimum Gasteiger partial charge on any atom is -0.382 e. The van der Waals surface area contributed by atoms with E-state index in [9.17, 15) is 0 Å². The molecule has 0 aliphatic carbocycles. The summed E-state index contributed by atoms with van der Waals surface area (Å²) in [5, 5.41) is 8.10. The number of nitrogen functional groups attached to an aromatic ring is 1. The molecule has 0 amide bonds. The van der Waals surface area contributed by atoms with Crippen LogP contribution in [0.5, 0.6) is 0 Å². The third-order valence-electron chi connectivity index (χ3n) is 3.38. The van der Waals surface area contributed by atoms with Gasteiger partial charge in [-0.05, 0) is 51.9 Å². The van der Waals surface area contributed by atoms with E-state index in [2.05, 4.69) is 28.9 Å². The number of piperidine rings is 1. The Bertz CT molecular complexity index is 325. The lowest BCUT2D eigenvalue weighted by atomic mass is 9.93. The summed E-state index contributed by atoms with van der Waals surface area (Å²) in [5.41, 5.74) is 6.63. The number of anilines is 1. The molecule has 0 unspecified atom stereocenters. The number of nitrogens with two attached hydrogens (primary N) is 1. The molecule has 0 saturated carbocycles. The van der Waals surface area contributed by atoms with Crippen molar-refractivity contribution in [3.05, 3.63) is 17.8 Å². The second kappa shape index (κ2) is 4.78. The Morgan fingerprint density at radius 2 is 1.94 bits per heavy atom. The highest BCUT2D eigenvalue weighted by molar-refractivity contribution is 5.26. The van der Waals surface area contributed by atoms with Crippen LogP contribution in [0.15, 0.2) is 12.1 Å². The normalized spacial score (nSPS) is 19.2. The van der Waals surface area contributed by atoms with E-state index >= 15 is 0 Å². The monoisotopic (exact) mass is 220 g/mol. The molecule has 1 aromatic rings. The maximum absolute atomic E-state index is 5.54. The van der Waals surface area contributed by atoms with E-state index in [1.807, 2.05) is 12.1 Å². The van der Waals surface area contributed by atoms with Crippen LogP contribution >= 0.6 is 0 Å². The molecule has 16 heavy (non-hydrogen) atoms. The standard InChI is InChI=1S/C12H20N4/c1-9(2)16-7-5-10(6-8-16)11-3-4-12(13)15-14-11/h3-4,9-10H,5-8H2,1-2H3,(H2,13,15). The molecular formula is C12H20N4. The average molecular weight is 220 g/mol. The van der Waals surface area contributed by atoms with Crippen LogP contribution in [0.4, 0.5) is 5.82 Å². The van der Waals surface area contributed by atoms with Crippen molar-refractivity contribution in [1.29, 1.82) is 0 Å². The lowest BCUT2D eigenvalue weighted by Gasteiger charge is -2.34. The third-order valence-corrected chi connectivity index (χ3v) is 3.38. The van der Waals surface area contributed by atoms with Crippen molar-refractivity contribution in [2.45, 2.75) is 38.6 Å². The van der Waals surface area contributed by atoms with Crippen LogP contribution in [0, 0.1) is 0 Å². The fraction of sp³-hybridized carbons (Fsp3) is 0.667. The molecule has 2 rings (SSSR count). The van der Waals surface area contributed by atoms with E-state index in [1.165, 1.54) is 12.8 Å². The van der Waals surface area contributed by atoms with Gasteiger partial charge in [-0.15, -0.1) is 5.10 Å². The Labute approximate surface area is 96.9 Å². The Morgan fingerprint density at radius 1 is 1.25 bits per heavy atom. The first-order chi connectivity index (χ1) is 7.66. The van der Waals surface area contributed by atoms with Crippen LogP contribution in [0.2, 0.25) is 0 Å². The van der Waals surface area contributed by atoms with Gasteiger partial charge >= 0.3 is 0 Å². The minimum absolute atomic E-state index is 0.503. The topological polar surface area (TPSA) is 55.0 Å². The van der Waals surface area contributed by atoms with Gasteiger partial charge in [-0.2, -0.15) is 5.10 Å². The van der Waals surface area contributed by atoms with Crippen LogP contribution < -0.4 is 5.73 Å². The van der Waals surface area contributed by atoms with Crippen molar-refractivity contribution in [3.8, 4) is 0 Å². The molecule has 2 heterocycles. The molecule has 1 aromatic heterocycles. The highest BCUT2D eigenvalue weighted by Crippen LogP contribution is 2.27. The molecule has 1 aliphatic heterocycles. The molecule has 1 aliphatic rings. The summed E-state index contributed by atoms with van der Waals surface area (Å²) in [5.74, 6) is 1.06. The number of hydrogen-bond donors (Lipinski definition) is 1. The summed E-state index contributed by atoms with van der Waals surface area (Å²) >= 11 is 0.